The molecule has 3 nitrogen and oxygen atoms in total. The highest BCUT2D eigenvalue weighted by molar-refractivity contribution is 6.10. The maximum atomic E-state index is 4.14. The topological polar surface area (TPSA) is 31.9 Å². The Hall–Kier alpha value is -2.03. The number of nitrogens with one attached hydrogen (secondary N) is 1. The fraction of sp³-hybridized carbons (Fsp3) is 0.154. The second-order valence-corrected chi connectivity index (χ2v) is 4.14. The van der Waals surface area contributed by atoms with Gasteiger partial charge < -0.3 is 9.88 Å². The van der Waals surface area contributed by atoms with Gasteiger partial charge in [-0.15, -0.1) is 0 Å². The molecule has 0 bridgehead atoms. The Morgan fingerprint density at radius 3 is 2.81 bits per heavy atom. The molecule has 2 aromatic heterocycles. The Labute approximate surface area is 93.7 Å². The van der Waals surface area contributed by atoms with Gasteiger partial charge in [-0.2, -0.15) is 0 Å². The minimum atomic E-state index is 1.09. The molecular weight excluding hydrogens is 198 g/mol. The third kappa shape index (κ3) is 1.18. The van der Waals surface area contributed by atoms with Crippen LogP contribution in [0.25, 0.3) is 21.8 Å². The lowest BCUT2D eigenvalue weighted by Gasteiger charge is -2.12. The van der Waals surface area contributed by atoms with Crippen LogP contribution in [0.4, 0.5) is 5.69 Å². The molecule has 80 valence electrons. The quantitative estimate of drug-likeness (QED) is 0.671. The summed E-state index contributed by atoms with van der Waals surface area (Å²) in [6, 6.07) is 8.39. The molecule has 0 saturated heterocycles. The van der Waals surface area contributed by atoms with Crippen LogP contribution in [0.1, 0.15) is 0 Å². The molecule has 0 saturated carbocycles. The SMILES string of the molecule is CN(C)c1cccc2c1[nH]c1cnccc12. The van der Waals surface area contributed by atoms with E-state index in [0.717, 1.165) is 5.52 Å². The number of anilines is 1. The molecule has 0 atom stereocenters. The van der Waals surface area contributed by atoms with Crippen LogP contribution < -0.4 is 4.90 Å². The molecule has 0 amide bonds. The molecule has 0 unspecified atom stereocenters. The number of hydrogen-bond acceptors (Lipinski definition) is 2. The van der Waals surface area contributed by atoms with Crippen molar-refractivity contribution in [3.63, 3.8) is 0 Å². The first-order valence-corrected chi connectivity index (χ1v) is 5.29. The molecule has 2 heterocycles. The Kier molecular flexibility index (Phi) is 1.86. The number of aromatic amines is 1. The van der Waals surface area contributed by atoms with E-state index < -0.39 is 0 Å². The van der Waals surface area contributed by atoms with Gasteiger partial charge in [0.05, 0.1) is 22.9 Å². The zero-order valence-electron chi connectivity index (χ0n) is 9.36. The molecule has 3 rings (SSSR count). The van der Waals surface area contributed by atoms with E-state index in [9.17, 15) is 0 Å². The van der Waals surface area contributed by atoms with Crippen molar-refractivity contribution in [3.8, 4) is 0 Å². The van der Waals surface area contributed by atoms with Crippen molar-refractivity contribution in [1.82, 2.24) is 9.97 Å². The van der Waals surface area contributed by atoms with E-state index in [1.807, 2.05) is 18.5 Å². The number of pyridine rings is 1. The summed E-state index contributed by atoms with van der Waals surface area (Å²) < 4.78 is 0. The lowest BCUT2D eigenvalue weighted by atomic mass is 10.1. The van der Waals surface area contributed by atoms with Crippen LogP contribution in [0.5, 0.6) is 0 Å². The summed E-state index contributed by atoms with van der Waals surface area (Å²) in [5.41, 5.74) is 3.47. The second kappa shape index (κ2) is 3.23. The summed E-state index contributed by atoms with van der Waals surface area (Å²) in [6.45, 7) is 0. The predicted molar refractivity (Wildman–Crippen MR) is 67.9 cm³/mol. The predicted octanol–water partition coefficient (Wildman–Crippen LogP) is 2.78. The van der Waals surface area contributed by atoms with Crippen molar-refractivity contribution in [2.24, 2.45) is 0 Å². The number of hydrogen-bond donors (Lipinski definition) is 1. The molecule has 0 spiro atoms. The van der Waals surface area contributed by atoms with Crippen molar-refractivity contribution in [1.29, 1.82) is 0 Å². The van der Waals surface area contributed by atoms with E-state index in [4.69, 9.17) is 0 Å². The van der Waals surface area contributed by atoms with Crippen LogP contribution in [0.3, 0.4) is 0 Å². The normalized spacial score (nSPS) is 11.1. The maximum absolute atomic E-state index is 4.14. The van der Waals surface area contributed by atoms with Crippen LogP contribution in [0, 0.1) is 0 Å². The van der Waals surface area contributed by atoms with Gasteiger partial charge in [0.2, 0.25) is 0 Å². The smallest absolute Gasteiger partial charge is 0.0702 e. The molecule has 0 aliphatic carbocycles. The molecular formula is C13H13N3. The summed E-state index contributed by atoms with van der Waals surface area (Å²) in [7, 11) is 4.11. The van der Waals surface area contributed by atoms with Crippen LogP contribution >= 0.6 is 0 Å². The van der Waals surface area contributed by atoms with E-state index in [-0.39, 0.29) is 0 Å². The van der Waals surface area contributed by atoms with E-state index in [0.29, 0.717) is 0 Å². The highest BCUT2D eigenvalue weighted by atomic mass is 15.1. The number of benzene rings is 1. The fourth-order valence-corrected chi connectivity index (χ4v) is 2.13. The molecule has 16 heavy (non-hydrogen) atoms. The monoisotopic (exact) mass is 211 g/mol. The zero-order chi connectivity index (χ0) is 11.1. The van der Waals surface area contributed by atoms with E-state index in [2.05, 4.69) is 47.2 Å². The Bertz CT molecular complexity index is 652. The first-order valence-electron chi connectivity index (χ1n) is 5.29. The van der Waals surface area contributed by atoms with Crippen LogP contribution in [0.15, 0.2) is 36.7 Å². The van der Waals surface area contributed by atoms with Gasteiger partial charge in [0.15, 0.2) is 0 Å². The largest absolute Gasteiger partial charge is 0.376 e. The Morgan fingerprint density at radius 1 is 1.12 bits per heavy atom. The number of H-pyrrole nitrogens is 1. The molecule has 3 heteroatoms. The highest BCUT2D eigenvalue weighted by Crippen LogP contribution is 2.30. The lowest BCUT2D eigenvalue weighted by Crippen LogP contribution is -2.08. The number of fused-ring (bicyclic) bond motifs is 3. The number of aromatic nitrogens is 2. The van der Waals surface area contributed by atoms with Crippen LogP contribution in [-0.4, -0.2) is 24.1 Å². The van der Waals surface area contributed by atoms with Gasteiger partial charge >= 0.3 is 0 Å². The van der Waals surface area contributed by atoms with Gasteiger partial charge in [-0.25, -0.2) is 0 Å². The summed E-state index contributed by atoms with van der Waals surface area (Å²) in [5, 5.41) is 2.48. The first-order chi connectivity index (χ1) is 7.77. The Balaban J connectivity index is 2.49. The lowest BCUT2D eigenvalue weighted by molar-refractivity contribution is 1.14. The zero-order valence-corrected chi connectivity index (χ0v) is 9.36. The van der Waals surface area contributed by atoms with Crippen LogP contribution in [0.2, 0.25) is 0 Å². The average molecular weight is 211 g/mol. The van der Waals surface area contributed by atoms with Gasteiger partial charge in [-0.1, -0.05) is 12.1 Å². The molecule has 0 radical (unpaired) electrons. The second-order valence-electron chi connectivity index (χ2n) is 4.14. The molecule has 0 fully saturated rings. The van der Waals surface area contributed by atoms with E-state index in [1.165, 1.54) is 22.0 Å². The van der Waals surface area contributed by atoms with Gasteiger partial charge in [0.25, 0.3) is 0 Å². The minimum Gasteiger partial charge on any atom is -0.376 e. The highest BCUT2D eigenvalue weighted by Gasteiger charge is 2.08. The number of para-hydroxylation sites is 1. The summed E-state index contributed by atoms with van der Waals surface area (Å²) in [4.78, 5) is 9.68. The molecule has 0 aliphatic rings. The summed E-state index contributed by atoms with van der Waals surface area (Å²) in [6.07, 6.45) is 3.70. The first kappa shape index (κ1) is 9.21. The summed E-state index contributed by atoms with van der Waals surface area (Å²) >= 11 is 0. The summed E-state index contributed by atoms with van der Waals surface area (Å²) in [5.74, 6) is 0. The molecule has 1 aromatic carbocycles. The third-order valence-electron chi connectivity index (χ3n) is 2.90. The average Bonchev–Trinajstić information content (AvgIpc) is 2.67. The number of nitrogens with zero attached hydrogens (tertiary/aromatic N) is 2. The van der Waals surface area contributed by atoms with Gasteiger partial charge in [-0.3, -0.25) is 4.98 Å². The van der Waals surface area contributed by atoms with Gasteiger partial charge in [0.1, 0.15) is 0 Å². The van der Waals surface area contributed by atoms with Gasteiger partial charge in [0, 0.05) is 31.1 Å². The maximum Gasteiger partial charge on any atom is 0.0702 e. The minimum absolute atomic E-state index is 1.09. The van der Waals surface area contributed by atoms with Gasteiger partial charge in [-0.05, 0) is 12.1 Å². The third-order valence-corrected chi connectivity index (χ3v) is 2.90. The van der Waals surface area contributed by atoms with Crippen molar-refractivity contribution in [2.75, 3.05) is 19.0 Å². The standard InChI is InChI=1S/C13H13N3/c1-16(2)12-5-3-4-10-9-6-7-14-8-11(9)15-13(10)12/h3-8,15H,1-2H3. The van der Waals surface area contributed by atoms with Crippen molar-refractivity contribution >= 4 is 27.5 Å². The van der Waals surface area contributed by atoms with Crippen molar-refractivity contribution in [3.05, 3.63) is 36.7 Å². The van der Waals surface area contributed by atoms with Crippen LogP contribution in [-0.2, 0) is 0 Å². The fourth-order valence-electron chi connectivity index (χ4n) is 2.13. The van der Waals surface area contributed by atoms with Crippen molar-refractivity contribution in [2.45, 2.75) is 0 Å². The molecule has 3 aromatic rings. The number of rotatable bonds is 1. The molecule has 1 N–H and O–H groups in total. The Morgan fingerprint density at radius 2 is 2.00 bits per heavy atom. The van der Waals surface area contributed by atoms with E-state index >= 15 is 0 Å². The molecule has 0 aliphatic heterocycles. The van der Waals surface area contributed by atoms with E-state index in [1.54, 1.807) is 0 Å². The van der Waals surface area contributed by atoms with Crippen molar-refractivity contribution < 1.29 is 0 Å².